The molecule has 0 saturated carbocycles. The van der Waals surface area contributed by atoms with Crippen molar-refractivity contribution in [2.75, 3.05) is 33.3 Å². The first-order valence-corrected chi connectivity index (χ1v) is 37.4. The van der Waals surface area contributed by atoms with Crippen molar-refractivity contribution in [3.63, 3.8) is 0 Å². The van der Waals surface area contributed by atoms with Gasteiger partial charge in [0.25, 0.3) is 11.8 Å². The molecule has 0 fully saturated rings. The summed E-state index contributed by atoms with van der Waals surface area (Å²) in [6.45, 7) is 59.3. The van der Waals surface area contributed by atoms with Crippen LogP contribution in [0.25, 0.3) is 0 Å². The zero-order chi connectivity index (χ0) is 48.0. The number of carbonyl (C=O) groups excluding carboxylic acids is 2. The molecule has 9 nitrogen and oxygen atoms in total. The van der Waals surface area contributed by atoms with E-state index in [0.29, 0.717) is 30.8 Å². The Bertz CT molecular complexity index is 1610. The van der Waals surface area contributed by atoms with Crippen LogP contribution in [0.15, 0.2) is 24.3 Å². The minimum absolute atomic E-state index is 0.00246. The van der Waals surface area contributed by atoms with Gasteiger partial charge >= 0.3 is 0 Å². The highest BCUT2D eigenvalue weighted by Gasteiger charge is 2.54. The number of rotatable bonds is 19. The molecule has 2 rings (SSSR count). The number of nitrogens with zero attached hydrogens (tertiary/aromatic N) is 2. The second-order valence-corrected chi connectivity index (χ2v) is 49.5. The molecule has 14 heteroatoms. The molecule has 61 heavy (non-hydrogen) atoms. The monoisotopic (exact) mass is 939 g/mol. The molecule has 354 valence electrons. The van der Waals surface area contributed by atoms with E-state index in [9.17, 15) is 9.59 Å². The van der Waals surface area contributed by atoms with E-state index in [2.05, 4.69) is 181 Å². The number of hydrogen-bond acceptors (Lipinski definition) is 8. The molecule has 1 aromatic rings. The summed E-state index contributed by atoms with van der Waals surface area (Å²) in [5, 5.41) is -0.380. The van der Waals surface area contributed by atoms with E-state index in [1.165, 1.54) is 4.90 Å². The maximum atomic E-state index is 13.5. The summed E-state index contributed by atoms with van der Waals surface area (Å²) >= 11 is 0. The summed E-state index contributed by atoms with van der Waals surface area (Å²) in [7, 11) is -10.1. The highest BCUT2D eigenvalue weighted by Crippen LogP contribution is 2.46. The number of imide groups is 1. The molecule has 4 unspecified atom stereocenters. The van der Waals surface area contributed by atoms with Crippen molar-refractivity contribution in [2.24, 2.45) is 0 Å². The summed E-state index contributed by atoms with van der Waals surface area (Å²) < 4.78 is 38.3. The Kier molecular flexibility index (Phi) is 17.7. The van der Waals surface area contributed by atoms with Gasteiger partial charge in [0.15, 0.2) is 41.6 Å². The van der Waals surface area contributed by atoms with Gasteiger partial charge in [-0.05, 0) is 110 Å². The highest BCUT2D eigenvalue weighted by atomic mass is 28.4. The van der Waals surface area contributed by atoms with Crippen molar-refractivity contribution >= 4 is 53.4 Å². The van der Waals surface area contributed by atoms with E-state index in [-0.39, 0.29) is 43.6 Å². The minimum atomic E-state index is -2.53. The number of likely N-dealkylation sites (N-methyl/N-ethyl adjacent to an activating group) is 1. The van der Waals surface area contributed by atoms with Crippen molar-refractivity contribution in [3.8, 4) is 0 Å². The van der Waals surface area contributed by atoms with Gasteiger partial charge in [-0.3, -0.25) is 14.5 Å². The third-order valence-electron chi connectivity index (χ3n) is 15.5. The molecule has 1 heterocycles. The standard InChI is InChI=1S/C47H94N2O7Si5/c1-43(2,3)57(17,18)52-34-38(54-59(21,22)45(7,8)9)40(56-61(25,26)47(13,14)15)39(55-60(23,24)46(10,11)12)37(53-58(19,20)44(4,5)6)33-48(16)31-32-49-41(50)35-29-27-28-30-36(35)42(49)51/h27-30,37-40H,31-34H2,1-26H3. The topological polar surface area (TPSA) is 86.8 Å². The lowest BCUT2D eigenvalue weighted by Gasteiger charge is -2.52. The van der Waals surface area contributed by atoms with Crippen LogP contribution in [0, 0.1) is 0 Å². The van der Waals surface area contributed by atoms with Gasteiger partial charge in [0.2, 0.25) is 0 Å². The lowest BCUT2D eigenvalue weighted by molar-refractivity contribution is -0.0977. The predicted molar refractivity (Wildman–Crippen MR) is 271 cm³/mol. The summed E-state index contributed by atoms with van der Waals surface area (Å²) in [5.41, 5.74) is 0.936. The molecule has 4 atom stereocenters. The summed E-state index contributed by atoms with van der Waals surface area (Å²) in [6, 6.07) is 7.11. The predicted octanol–water partition coefficient (Wildman–Crippen LogP) is 12.8. The Morgan fingerprint density at radius 2 is 0.820 bits per heavy atom. The SMILES string of the molecule is CN(CCN1C(=O)c2ccccc2C1=O)CC(O[Si](C)(C)C(C)(C)C)C(O[Si](C)(C)C(C)(C)C)C(O[Si](C)(C)C(C)(C)C)C(CO[Si](C)(C)C(C)(C)C)O[Si](C)(C)C(C)(C)C. The van der Waals surface area contributed by atoms with Crippen molar-refractivity contribution in [3.05, 3.63) is 35.4 Å². The first kappa shape index (κ1) is 56.3. The van der Waals surface area contributed by atoms with Crippen LogP contribution in [0.5, 0.6) is 0 Å². The number of fused-ring (bicyclic) bond motifs is 1. The molecule has 0 saturated heterocycles. The first-order valence-electron chi connectivity index (χ1n) is 22.9. The Morgan fingerprint density at radius 1 is 0.508 bits per heavy atom. The molecule has 1 aromatic carbocycles. The maximum Gasteiger partial charge on any atom is 0.261 e. The Hall–Kier alpha value is -0.796. The zero-order valence-electron chi connectivity index (χ0n) is 44.2. The number of hydrogen-bond donors (Lipinski definition) is 0. The first-order chi connectivity index (χ1) is 26.9. The van der Waals surface area contributed by atoms with Crippen molar-refractivity contribution in [1.29, 1.82) is 0 Å². The quantitative estimate of drug-likeness (QED) is 0.100. The fraction of sp³-hybridized carbons (Fsp3) is 0.830. The fourth-order valence-corrected chi connectivity index (χ4v) is 12.2. The molecule has 0 N–H and O–H groups in total. The molecular weight excluding hydrogens is 845 g/mol. The molecule has 0 radical (unpaired) electrons. The molecule has 1 aliphatic heterocycles. The highest BCUT2D eigenvalue weighted by molar-refractivity contribution is 6.76. The van der Waals surface area contributed by atoms with E-state index >= 15 is 0 Å². The van der Waals surface area contributed by atoms with Gasteiger partial charge in [-0.2, -0.15) is 0 Å². The van der Waals surface area contributed by atoms with Gasteiger partial charge in [-0.15, -0.1) is 0 Å². The van der Waals surface area contributed by atoms with Crippen molar-refractivity contribution in [2.45, 2.75) is 219 Å². The average Bonchev–Trinajstić information content (AvgIpc) is 3.29. The van der Waals surface area contributed by atoms with Crippen LogP contribution in [0.2, 0.25) is 90.7 Å². The maximum absolute atomic E-state index is 13.5. The van der Waals surface area contributed by atoms with Crippen LogP contribution < -0.4 is 0 Å². The second-order valence-electron chi connectivity index (χ2n) is 25.7. The fourth-order valence-electron chi connectivity index (χ4n) is 5.88. The van der Waals surface area contributed by atoms with E-state index in [4.69, 9.17) is 22.1 Å². The molecule has 0 aromatic heterocycles. The normalized spacial score (nSPS) is 17.9. The zero-order valence-corrected chi connectivity index (χ0v) is 49.2. The lowest BCUT2D eigenvalue weighted by atomic mass is 10.0. The Morgan fingerprint density at radius 3 is 1.16 bits per heavy atom. The smallest absolute Gasteiger partial charge is 0.261 e. The third kappa shape index (κ3) is 13.9. The van der Waals surface area contributed by atoms with Gasteiger partial charge in [0, 0.05) is 19.6 Å². The molecule has 1 aliphatic rings. The molecule has 0 bridgehead atoms. The third-order valence-corrected chi connectivity index (χ3v) is 38.0. The molecule has 0 spiro atoms. The van der Waals surface area contributed by atoms with Gasteiger partial charge in [0.05, 0.1) is 42.1 Å². The van der Waals surface area contributed by atoms with Crippen molar-refractivity contribution < 1.29 is 31.7 Å². The molecule has 2 amide bonds. The minimum Gasteiger partial charge on any atom is -0.414 e. The van der Waals surface area contributed by atoms with Gasteiger partial charge in [-0.25, -0.2) is 0 Å². The average molecular weight is 940 g/mol. The number of amides is 2. The van der Waals surface area contributed by atoms with Crippen LogP contribution >= 0.6 is 0 Å². The van der Waals surface area contributed by atoms with Gasteiger partial charge in [-0.1, -0.05) is 116 Å². The van der Waals surface area contributed by atoms with Gasteiger partial charge in [0.1, 0.15) is 0 Å². The van der Waals surface area contributed by atoms with Crippen LogP contribution in [-0.4, -0.2) is 121 Å². The van der Waals surface area contributed by atoms with Crippen LogP contribution in [-0.2, 0) is 22.1 Å². The van der Waals surface area contributed by atoms with E-state index in [0.717, 1.165) is 0 Å². The largest absolute Gasteiger partial charge is 0.414 e. The van der Waals surface area contributed by atoms with Crippen LogP contribution in [0.1, 0.15) is 125 Å². The lowest BCUT2D eigenvalue weighted by Crippen LogP contribution is -2.64. The van der Waals surface area contributed by atoms with E-state index in [1.807, 2.05) is 12.1 Å². The van der Waals surface area contributed by atoms with Gasteiger partial charge < -0.3 is 27.0 Å². The molecular formula is C47H94N2O7Si5. The van der Waals surface area contributed by atoms with E-state index < -0.39 is 66.0 Å². The van der Waals surface area contributed by atoms with Crippen LogP contribution in [0.3, 0.4) is 0 Å². The Labute approximate surface area is 380 Å². The van der Waals surface area contributed by atoms with Crippen molar-refractivity contribution in [1.82, 2.24) is 9.80 Å². The second kappa shape index (κ2) is 19.2. The summed E-state index contributed by atoms with van der Waals surface area (Å²) in [4.78, 5) is 30.5. The summed E-state index contributed by atoms with van der Waals surface area (Å²) in [5.74, 6) is -0.477. The Balaban J connectivity index is 2.99. The molecule has 0 aliphatic carbocycles. The van der Waals surface area contributed by atoms with E-state index in [1.54, 1.807) is 12.1 Å². The van der Waals surface area contributed by atoms with Crippen LogP contribution in [0.4, 0.5) is 0 Å². The summed E-state index contributed by atoms with van der Waals surface area (Å²) in [6.07, 6.45) is -1.92. The number of benzene rings is 1. The number of carbonyl (C=O) groups is 2.